The zero-order valence-electron chi connectivity index (χ0n) is 15.1. The summed E-state index contributed by atoms with van der Waals surface area (Å²) in [6.45, 7) is 7.13. The summed E-state index contributed by atoms with van der Waals surface area (Å²) < 4.78 is 5.93. The van der Waals surface area contributed by atoms with Crippen LogP contribution in [0.3, 0.4) is 0 Å². The Morgan fingerprint density at radius 2 is 2.04 bits per heavy atom. The van der Waals surface area contributed by atoms with Crippen molar-refractivity contribution in [3.05, 3.63) is 51.4 Å². The molecule has 0 bridgehead atoms. The van der Waals surface area contributed by atoms with E-state index in [1.54, 1.807) is 29.5 Å². The highest BCUT2D eigenvalue weighted by Gasteiger charge is 2.32. The van der Waals surface area contributed by atoms with Crippen molar-refractivity contribution in [1.82, 2.24) is 4.90 Å². The molecule has 0 amide bonds. The van der Waals surface area contributed by atoms with Crippen LogP contribution in [0.4, 0.5) is 0 Å². The van der Waals surface area contributed by atoms with Crippen molar-refractivity contribution < 1.29 is 14.6 Å². The molecule has 2 aliphatic rings. The molecule has 2 aliphatic heterocycles. The fourth-order valence-corrected chi connectivity index (χ4v) is 4.74. The Labute approximate surface area is 157 Å². The number of ketones is 1. The Kier molecular flexibility index (Phi) is 4.59. The summed E-state index contributed by atoms with van der Waals surface area (Å²) in [7, 11) is 0. The first-order valence-electron chi connectivity index (χ1n) is 9.06. The van der Waals surface area contributed by atoms with Gasteiger partial charge in [0.2, 0.25) is 5.78 Å². The number of nitrogens with zero attached hydrogens (tertiary/aromatic N) is 1. The van der Waals surface area contributed by atoms with E-state index in [-0.39, 0.29) is 11.5 Å². The van der Waals surface area contributed by atoms with Crippen LogP contribution in [0.2, 0.25) is 0 Å². The number of carbonyl (C=O) groups excluding carboxylic acids is 1. The van der Waals surface area contributed by atoms with Gasteiger partial charge in [-0.25, -0.2) is 0 Å². The molecule has 26 heavy (non-hydrogen) atoms. The molecule has 0 unspecified atom stereocenters. The van der Waals surface area contributed by atoms with Gasteiger partial charge in [-0.3, -0.25) is 9.69 Å². The number of benzene rings is 1. The predicted molar refractivity (Wildman–Crippen MR) is 104 cm³/mol. The van der Waals surface area contributed by atoms with Crippen LogP contribution in [0.15, 0.2) is 35.4 Å². The maximum Gasteiger partial charge on any atom is 0.232 e. The Morgan fingerprint density at radius 3 is 2.73 bits per heavy atom. The van der Waals surface area contributed by atoms with Gasteiger partial charge in [0.25, 0.3) is 0 Å². The van der Waals surface area contributed by atoms with Gasteiger partial charge in [-0.1, -0.05) is 19.9 Å². The van der Waals surface area contributed by atoms with Crippen LogP contribution in [-0.2, 0) is 6.54 Å². The Hall–Kier alpha value is -2.11. The van der Waals surface area contributed by atoms with Crippen molar-refractivity contribution in [3.63, 3.8) is 0 Å². The maximum absolute atomic E-state index is 12.7. The third kappa shape index (κ3) is 3.29. The van der Waals surface area contributed by atoms with Gasteiger partial charge in [0.15, 0.2) is 5.76 Å². The number of allylic oxidation sites excluding steroid dienone is 1. The molecule has 2 aromatic rings. The van der Waals surface area contributed by atoms with Gasteiger partial charge in [-0.05, 0) is 41.8 Å². The van der Waals surface area contributed by atoms with E-state index < -0.39 is 0 Å². The summed E-state index contributed by atoms with van der Waals surface area (Å²) in [5, 5.41) is 12.4. The first-order chi connectivity index (χ1) is 12.5. The molecular formula is C21H23NO3S. The first-order valence-corrected chi connectivity index (χ1v) is 9.94. The van der Waals surface area contributed by atoms with Crippen LogP contribution in [0, 0.1) is 11.8 Å². The van der Waals surface area contributed by atoms with E-state index in [0.29, 0.717) is 41.0 Å². The molecule has 0 saturated carbocycles. The van der Waals surface area contributed by atoms with Crippen LogP contribution in [0.1, 0.15) is 41.1 Å². The average molecular weight is 369 g/mol. The molecule has 1 fully saturated rings. The first kappa shape index (κ1) is 17.3. The van der Waals surface area contributed by atoms with Gasteiger partial charge in [0.1, 0.15) is 11.5 Å². The van der Waals surface area contributed by atoms with Gasteiger partial charge >= 0.3 is 0 Å². The van der Waals surface area contributed by atoms with E-state index in [2.05, 4.69) is 18.7 Å². The summed E-state index contributed by atoms with van der Waals surface area (Å²) >= 11 is 1.56. The van der Waals surface area contributed by atoms with E-state index in [1.807, 2.05) is 17.5 Å². The summed E-state index contributed by atoms with van der Waals surface area (Å²) in [5.74, 6) is 2.19. The van der Waals surface area contributed by atoms with Gasteiger partial charge < -0.3 is 9.84 Å². The summed E-state index contributed by atoms with van der Waals surface area (Å²) in [6, 6.07) is 7.17. The number of piperidine rings is 1. The third-order valence-corrected chi connectivity index (χ3v) is 5.88. The number of Topliss-reactive ketones (excluding diaryl/α,β-unsaturated/α-hetero) is 1. The lowest BCUT2D eigenvalue weighted by Gasteiger charge is -2.35. The van der Waals surface area contributed by atoms with Crippen LogP contribution >= 0.6 is 11.3 Å². The zero-order chi connectivity index (χ0) is 18.3. The smallest absolute Gasteiger partial charge is 0.232 e. The largest absolute Gasteiger partial charge is 0.507 e. The second-order valence-corrected chi connectivity index (χ2v) is 8.51. The van der Waals surface area contributed by atoms with E-state index >= 15 is 0 Å². The van der Waals surface area contributed by atoms with Crippen molar-refractivity contribution in [2.24, 2.45) is 11.8 Å². The molecule has 3 heterocycles. The minimum atomic E-state index is -0.116. The number of thiophene rings is 1. The fraction of sp³-hybridized carbons (Fsp3) is 0.381. The summed E-state index contributed by atoms with van der Waals surface area (Å²) in [5.41, 5.74) is 1.26. The lowest BCUT2D eigenvalue weighted by molar-refractivity contribution is 0.101. The number of phenolic OH excluding ortho intramolecular Hbond substituents is 1. The third-order valence-electron chi connectivity index (χ3n) is 5.06. The van der Waals surface area contributed by atoms with E-state index in [4.69, 9.17) is 4.74 Å². The fourth-order valence-electron chi connectivity index (χ4n) is 4.10. The van der Waals surface area contributed by atoms with Crippen molar-refractivity contribution in [2.75, 3.05) is 13.1 Å². The quantitative estimate of drug-likeness (QED) is 0.807. The molecule has 0 aliphatic carbocycles. The van der Waals surface area contributed by atoms with E-state index in [0.717, 1.165) is 18.0 Å². The molecule has 1 saturated heterocycles. The lowest BCUT2D eigenvalue weighted by Crippen LogP contribution is -2.38. The number of carbonyl (C=O) groups is 1. The van der Waals surface area contributed by atoms with Gasteiger partial charge in [-0.2, -0.15) is 0 Å². The standard InChI is InChI=1S/C21H23NO3S/c1-13-8-14(2)11-22(10-13)12-17-18(23)6-5-16-20(24)19(25-21(16)17)9-15-4-3-7-26-15/h3-7,9,13-14,23H,8,10-12H2,1-2H3/b19-9-/t13-,14+. The molecule has 2 atom stereocenters. The number of hydrogen-bond donors (Lipinski definition) is 1. The SMILES string of the molecule is C[C@@H]1C[C@H](C)CN(Cc2c(O)ccc3c2O/C(=C\c2cccs2)C3=O)C1. The Morgan fingerprint density at radius 1 is 1.27 bits per heavy atom. The highest BCUT2D eigenvalue weighted by Crippen LogP contribution is 2.40. The molecule has 0 radical (unpaired) electrons. The summed E-state index contributed by atoms with van der Waals surface area (Å²) in [6.07, 6.45) is 3.01. The molecule has 1 N–H and O–H groups in total. The Bertz CT molecular complexity index is 846. The average Bonchev–Trinajstić information content (AvgIpc) is 3.19. The van der Waals surface area contributed by atoms with Crippen molar-refractivity contribution >= 4 is 23.2 Å². The summed E-state index contributed by atoms with van der Waals surface area (Å²) in [4.78, 5) is 16.0. The van der Waals surface area contributed by atoms with Crippen LogP contribution in [0.5, 0.6) is 11.5 Å². The molecule has 136 valence electrons. The lowest BCUT2D eigenvalue weighted by atomic mass is 9.91. The predicted octanol–water partition coefficient (Wildman–Crippen LogP) is 4.55. The molecule has 1 aromatic carbocycles. The molecule has 4 rings (SSSR count). The van der Waals surface area contributed by atoms with E-state index in [1.165, 1.54) is 6.42 Å². The molecule has 4 nitrogen and oxygen atoms in total. The molecular weight excluding hydrogens is 346 g/mol. The number of aromatic hydroxyl groups is 1. The highest BCUT2D eigenvalue weighted by molar-refractivity contribution is 7.10. The zero-order valence-corrected chi connectivity index (χ0v) is 15.9. The maximum atomic E-state index is 12.7. The molecule has 1 aromatic heterocycles. The van der Waals surface area contributed by atoms with E-state index in [9.17, 15) is 9.90 Å². The topological polar surface area (TPSA) is 49.8 Å². The number of phenols is 1. The monoisotopic (exact) mass is 369 g/mol. The minimum Gasteiger partial charge on any atom is -0.507 e. The number of rotatable bonds is 3. The molecule has 5 heteroatoms. The van der Waals surface area contributed by atoms with Crippen molar-refractivity contribution in [3.8, 4) is 11.5 Å². The number of hydrogen-bond acceptors (Lipinski definition) is 5. The minimum absolute atomic E-state index is 0.116. The van der Waals surface area contributed by atoms with Gasteiger partial charge in [0.05, 0.1) is 11.1 Å². The van der Waals surface area contributed by atoms with Crippen LogP contribution < -0.4 is 4.74 Å². The second kappa shape index (κ2) is 6.89. The highest BCUT2D eigenvalue weighted by atomic mass is 32.1. The van der Waals surface area contributed by atoms with Crippen LogP contribution in [-0.4, -0.2) is 28.9 Å². The van der Waals surface area contributed by atoms with Gasteiger partial charge in [0, 0.05) is 30.6 Å². The second-order valence-electron chi connectivity index (χ2n) is 7.54. The Balaban J connectivity index is 1.64. The van der Waals surface area contributed by atoms with Gasteiger partial charge in [-0.15, -0.1) is 11.3 Å². The normalized spacial score (nSPS) is 24.7. The van der Waals surface area contributed by atoms with Crippen molar-refractivity contribution in [2.45, 2.75) is 26.8 Å². The van der Waals surface area contributed by atoms with Crippen LogP contribution in [0.25, 0.3) is 6.08 Å². The molecule has 0 spiro atoms. The number of ether oxygens (including phenoxy) is 1. The van der Waals surface area contributed by atoms with Crippen molar-refractivity contribution in [1.29, 1.82) is 0 Å². The number of likely N-dealkylation sites (tertiary alicyclic amines) is 1. The number of fused-ring (bicyclic) bond motifs is 1.